The molecule has 0 aromatic carbocycles. The van der Waals surface area contributed by atoms with Crippen LogP contribution in [0.25, 0.3) is 0 Å². The van der Waals surface area contributed by atoms with Crippen LogP contribution in [0.1, 0.15) is 38.1 Å². The number of nitrogens with one attached hydrogen (secondary N) is 1. The molecule has 0 bridgehead atoms. The van der Waals surface area contributed by atoms with Gasteiger partial charge in [-0.2, -0.15) is 5.10 Å². The van der Waals surface area contributed by atoms with Crippen LogP contribution in [-0.4, -0.2) is 36.1 Å². The maximum absolute atomic E-state index is 6.36. The topological polar surface area (TPSA) is 39.1 Å². The summed E-state index contributed by atoms with van der Waals surface area (Å²) in [4.78, 5) is 0. The molecule has 1 unspecified atom stereocenters. The predicted molar refractivity (Wildman–Crippen MR) is 79.9 cm³/mol. The average Bonchev–Trinajstić information content (AvgIpc) is 2.68. The lowest BCUT2D eigenvalue weighted by atomic mass is 10.1. The minimum absolute atomic E-state index is 0.376. The van der Waals surface area contributed by atoms with Gasteiger partial charge >= 0.3 is 0 Å². The van der Waals surface area contributed by atoms with E-state index in [0.29, 0.717) is 6.04 Å². The van der Waals surface area contributed by atoms with Gasteiger partial charge in [0, 0.05) is 20.2 Å². The zero-order chi connectivity index (χ0) is 14.3. The quantitative estimate of drug-likeness (QED) is 0.759. The van der Waals surface area contributed by atoms with E-state index in [1.165, 1.54) is 0 Å². The molecule has 0 aliphatic carbocycles. The number of hydrogen-bond acceptors (Lipinski definition) is 3. The molecule has 0 fully saturated rings. The molecule has 1 atom stereocenters. The first kappa shape index (κ1) is 16.5. The fourth-order valence-electron chi connectivity index (χ4n) is 2.20. The molecule has 4 nitrogen and oxygen atoms in total. The summed E-state index contributed by atoms with van der Waals surface area (Å²) in [6, 6.07) is 0.376. The SMILES string of the molecule is CCCNC(CCc1c(Cl)c(CC)nn1C)COC. The normalized spacial score (nSPS) is 12.9. The largest absolute Gasteiger partial charge is 0.383 e. The Kier molecular flexibility index (Phi) is 7.42. The van der Waals surface area contributed by atoms with E-state index in [-0.39, 0.29) is 0 Å². The van der Waals surface area contributed by atoms with Crippen molar-refractivity contribution in [2.24, 2.45) is 7.05 Å². The van der Waals surface area contributed by atoms with Gasteiger partial charge in [0.2, 0.25) is 0 Å². The number of rotatable bonds is 9. The summed E-state index contributed by atoms with van der Waals surface area (Å²) in [5.74, 6) is 0. The average molecular weight is 288 g/mol. The van der Waals surface area contributed by atoms with Crippen LogP contribution in [0, 0.1) is 0 Å². The van der Waals surface area contributed by atoms with Gasteiger partial charge in [0.15, 0.2) is 0 Å². The number of aryl methyl sites for hydroxylation is 2. The lowest BCUT2D eigenvalue weighted by molar-refractivity contribution is 0.162. The fourth-order valence-corrected chi connectivity index (χ4v) is 2.58. The zero-order valence-electron chi connectivity index (χ0n) is 12.5. The highest BCUT2D eigenvalue weighted by Crippen LogP contribution is 2.22. The van der Waals surface area contributed by atoms with Crippen LogP contribution in [0.4, 0.5) is 0 Å². The van der Waals surface area contributed by atoms with E-state index in [0.717, 1.165) is 55.2 Å². The van der Waals surface area contributed by atoms with Gasteiger partial charge in [0.05, 0.1) is 23.0 Å². The van der Waals surface area contributed by atoms with Gasteiger partial charge in [-0.25, -0.2) is 0 Å². The Labute approximate surface area is 121 Å². The highest BCUT2D eigenvalue weighted by atomic mass is 35.5. The van der Waals surface area contributed by atoms with Crippen molar-refractivity contribution in [3.63, 3.8) is 0 Å². The molecule has 1 rings (SSSR count). The van der Waals surface area contributed by atoms with Gasteiger partial charge in [0.25, 0.3) is 0 Å². The number of ether oxygens (including phenoxy) is 1. The summed E-state index contributed by atoms with van der Waals surface area (Å²) in [5.41, 5.74) is 2.11. The van der Waals surface area contributed by atoms with Crippen molar-refractivity contribution in [2.45, 2.75) is 45.6 Å². The standard InChI is InChI=1S/C14H26ClN3O/c1-5-9-16-11(10-19-4)7-8-13-14(15)12(6-2)17-18(13)3/h11,16H,5-10H2,1-4H3. The summed E-state index contributed by atoms with van der Waals surface area (Å²) in [6.07, 6.45) is 3.94. The van der Waals surface area contributed by atoms with E-state index < -0.39 is 0 Å². The third kappa shape index (κ3) is 4.79. The number of hydrogen-bond donors (Lipinski definition) is 1. The minimum Gasteiger partial charge on any atom is -0.383 e. The molecule has 0 amide bonds. The molecule has 0 saturated carbocycles. The molecule has 0 aliphatic heterocycles. The Bertz CT molecular complexity index is 379. The monoisotopic (exact) mass is 287 g/mol. The van der Waals surface area contributed by atoms with Gasteiger partial charge in [-0.1, -0.05) is 25.4 Å². The maximum atomic E-state index is 6.36. The molecule has 110 valence electrons. The molecular weight excluding hydrogens is 262 g/mol. The van der Waals surface area contributed by atoms with Gasteiger partial charge < -0.3 is 10.1 Å². The summed E-state index contributed by atoms with van der Waals surface area (Å²) in [7, 11) is 3.71. The van der Waals surface area contributed by atoms with Crippen molar-refractivity contribution < 1.29 is 4.74 Å². The summed E-state index contributed by atoms with van der Waals surface area (Å²) in [5, 5.41) is 8.78. The Morgan fingerprint density at radius 1 is 1.42 bits per heavy atom. The number of nitrogens with zero attached hydrogens (tertiary/aromatic N) is 2. The van der Waals surface area contributed by atoms with Crippen molar-refractivity contribution in [3.05, 3.63) is 16.4 Å². The van der Waals surface area contributed by atoms with E-state index in [4.69, 9.17) is 16.3 Å². The van der Waals surface area contributed by atoms with Crippen LogP contribution in [-0.2, 0) is 24.6 Å². The minimum atomic E-state index is 0.376. The van der Waals surface area contributed by atoms with E-state index in [1.54, 1.807) is 7.11 Å². The maximum Gasteiger partial charge on any atom is 0.0849 e. The van der Waals surface area contributed by atoms with Crippen molar-refractivity contribution >= 4 is 11.6 Å². The zero-order valence-corrected chi connectivity index (χ0v) is 13.3. The van der Waals surface area contributed by atoms with Gasteiger partial charge in [-0.05, 0) is 32.2 Å². The van der Waals surface area contributed by atoms with Crippen LogP contribution in [0.15, 0.2) is 0 Å². The second-order valence-electron chi connectivity index (χ2n) is 4.83. The Morgan fingerprint density at radius 3 is 2.68 bits per heavy atom. The van der Waals surface area contributed by atoms with Crippen LogP contribution in [0.3, 0.4) is 0 Å². The van der Waals surface area contributed by atoms with Crippen molar-refractivity contribution in [3.8, 4) is 0 Å². The van der Waals surface area contributed by atoms with Gasteiger partial charge in [0.1, 0.15) is 0 Å². The first-order valence-electron chi connectivity index (χ1n) is 7.06. The molecule has 1 heterocycles. The molecule has 1 N–H and O–H groups in total. The van der Waals surface area contributed by atoms with E-state index in [1.807, 2.05) is 11.7 Å². The van der Waals surface area contributed by atoms with E-state index >= 15 is 0 Å². The highest BCUT2D eigenvalue weighted by Gasteiger charge is 2.15. The molecule has 1 aromatic rings. The van der Waals surface area contributed by atoms with Crippen LogP contribution in [0.5, 0.6) is 0 Å². The Hall–Kier alpha value is -0.580. The Balaban J connectivity index is 2.60. The summed E-state index contributed by atoms with van der Waals surface area (Å²) >= 11 is 6.36. The summed E-state index contributed by atoms with van der Waals surface area (Å²) < 4.78 is 7.17. The van der Waals surface area contributed by atoms with Crippen LogP contribution >= 0.6 is 11.6 Å². The van der Waals surface area contributed by atoms with Crippen LogP contribution < -0.4 is 5.32 Å². The fraction of sp³-hybridized carbons (Fsp3) is 0.786. The van der Waals surface area contributed by atoms with Crippen LogP contribution in [0.2, 0.25) is 5.02 Å². The lowest BCUT2D eigenvalue weighted by Gasteiger charge is -2.17. The molecule has 0 saturated heterocycles. The molecule has 19 heavy (non-hydrogen) atoms. The first-order chi connectivity index (χ1) is 9.13. The second-order valence-corrected chi connectivity index (χ2v) is 5.21. The number of halogens is 1. The number of methoxy groups -OCH3 is 1. The molecular formula is C14H26ClN3O. The van der Waals surface area contributed by atoms with Crippen molar-refractivity contribution in [1.82, 2.24) is 15.1 Å². The molecule has 5 heteroatoms. The highest BCUT2D eigenvalue weighted by molar-refractivity contribution is 6.31. The smallest absolute Gasteiger partial charge is 0.0849 e. The lowest BCUT2D eigenvalue weighted by Crippen LogP contribution is -2.34. The first-order valence-corrected chi connectivity index (χ1v) is 7.44. The third-order valence-electron chi connectivity index (χ3n) is 3.28. The van der Waals surface area contributed by atoms with Crippen molar-refractivity contribution in [1.29, 1.82) is 0 Å². The predicted octanol–water partition coefficient (Wildman–Crippen LogP) is 2.58. The molecule has 0 aliphatic rings. The van der Waals surface area contributed by atoms with Gasteiger partial charge in [-0.15, -0.1) is 0 Å². The van der Waals surface area contributed by atoms with Crippen molar-refractivity contribution in [2.75, 3.05) is 20.3 Å². The van der Waals surface area contributed by atoms with E-state index in [2.05, 4.69) is 24.3 Å². The molecule has 0 spiro atoms. The summed E-state index contributed by atoms with van der Waals surface area (Å²) in [6.45, 7) is 6.00. The molecule has 0 radical (unpaired) electrons. The van der Waals surface area contributed by atoms with Gasteiger partial charge in [-0.3, -0.25) is 4.68 Å². The second kappa shape index (κ2) is 8.56. The third-order valence-corrected chi connectivity index (χ3v) is 3.72. The Morgan fingerprint density at radius 2 is 2.16 bits per heavy atom. The van der Waals surface area contributed by atoms with E-state index in [9.17, 15) is 0 Å². The number of aromatic nitrogens is 2. The molecule has 1 aromatic heterocycles.